The van der Waals surface area contributed by atoms with Crippen LogP contribution in [0.2, 0.25) is 0 Å². The first kappa shape index (κ1) is 22.8. The molecule has 3 rings (SSSR count). The Hall–Kier alpha value is -2.87. The summed E-state index contributed by atoms with van der Waals surface area (Å²) in [6.45, 7) is 9.68. The SMILES string of the molecule is CCOC(=O)CCCCc1ncc(C#Cc2cc3c(cc2CC)OCCC3(C)C)cn1. The highest BCUT2D eigenvalue weighted by molar-refractivity contribution is 5.69. The van der Waals surface area contributed by atoms with Crippen molar-refractivity contribution < 1.29 is 14.3 Å². The van der Waals surface area contributed by atoms with Gasteiger partial charge in [-0.15, -0.1) is 0 Å². The summed E-state index contributed by atoms with van der Waals surface area (Å²) in [6, 6.07) is 4.34. The third kappa shape index (κ3) is 6.07. The summed E-state index contributed by atoms with van der Waals surface area (Å²) in [7, 11) is 0. The summed E-state index contributed by atoms with van der Waals surface area (Å²) in [6.07, 6.45) is 8.29. The number of rotatable bonds is 7. The number of ether oxygens (including phenoxy) is 2. The molecule has 0 saturated carbocycles. The number of hydrogen-bond donors (Lipinski definition) is 0. The van der Waals surface area contributed by atoms with Crippen molar-refractivity contribution in [3.05, 3.63) is 52.6 Å². The van der Waals surface area contributed by atoms with Gasteiger partial charge < -0.3 is 9.47 Å². The monoisotopic (exact) mass is 420 g/mol. The van der Waals surface area contributed by atoms with Crippen LogP contribution in [-0.2, 0) is 27.8 Å². The third-order valence-electron chi connectivity index (χ3n) is 5.68. The zero-order valence-electron chi connectivity index (χ0n) is 19.1. The van der Waals surface area contributed by atoms with E-state index in [9.17, 15) is 4.79 Å². The largest absolute Gasteiger partial charge is 0.493 e. The maximum Gasteiger partial charge on any atom is 0.305 e. The fourth-order valence-corrected chi connectivity index (χ4v) is 3.70. The van der Waals surface area contributed by atoms with Crippen LogP contribution in [0.25, 0.3) is 0 Å². The first-order valence-electron chi connectivity index (χ1n) is 11.2. The molecule has 0 saturated heterocycles. The molecule has 5 nitrogen and oxygen atoms in total. The highest BCUT2D eigenvalue weighted by Crippen LogP contribution is 2.39. The Kier molecular flexibility index (Phi) is 7.68. The van der Waals surface area contributed by atoms with Crippen molar-refractivity contribution in [2.45, 2.75) is 71.6 Å². The minimum Gasteiger partial charge on any atom is -0.493 e. The number of aryl methyl sites for hydroxylation is 2. The highest BCUT2D eigenvalue weighted by Gasteiger charge is 2.29. The molecule has 1 aliphatic heterocycles. The normalized spacial score (nSPS) is 14.1. The van der Waals surface area contributed by atoms with Crippen molar-refractivity contribution in [2.24, 2.45) is 0 Å². The van der Waals surface area contributed by atoms with E-state index in [2.05, 4.69) is 54.7 Å². The van der Waals surface area contributed by atoms with Crippen LogP contribution in [0.3, 0.4) is 0 Å². The number of benzene rings is 1. The van der Waals surface area contributed by atoms with E-state index in [0.717, 1.165) is 61.4 Å². The van der Waals surface area contributed by atoms with Crippen LogP contribution >= 0.6 is 0 Å². The van der Waals surface area contributed by atoms with Crippen molar-refractivity contribution >= 4 is 5.97 Å². The van der Waals surface area contributed by atoms with Crippen LogP contribution in [0.15, 0.2) is 24.5 Å². The van der Waals surface area contributed by atoms with Gasteiger partial charge >= 0.3 is 5.97 Å². The van der Waals surface area contributed by atoms with Gasteiger partial charge in [-0.1, -0.05) is 32.6 Å². The molecule has 0 unspecified atom stereocenters. The predicted octanol–water partition coefficient (Wildman–Crippen LogP) is 4.77. The van der Waals surface area contributed by atoms with E-state index in [4.69, 9.17) is 9.47 Å². The number of carbonyl (C=O) groups is 1. The van der Waals surface area contributed by atoms with Crippen LogP contribution in [0, 0.1) is 11.8 Å². The lowest BCUT2D eigenvalue weighted by Crippen LogP contribution is -2.27. The van der Waals surface area contributed by atoms with Crippen LogP contribution in [0.1, 0.15) is 81.5 Å². The van der Waals surface area contributed by atoms with Gasteiger partial charge in [0.15, 0.2) is 0 Å². The number of aromatic nitrogens is 2. The summed E-state index contributed by atoms with van der Waals surface area (Å²) in [5.41, 5.74) is 4.36. The van der Waals surface area contributed by atoms with Crippen molar-refractivity contribution in [3.63, 3.8) is 0 Å². The Labute approximate surface area is 185 Å². The molecule has 1 aromatic heterocycles. The van der Waals surface area contributed by atoms with E-state index < -0.39 is 0 Å². The Bertz CT molecular complexity index is 969. The van der Waals surface area contributed by atoms with Gasteiger partial charge in [-0.25, -0.2) is 9.97 Å². The smallest absolute Gasteiger partial charge is 0.305 e. The lowest BCUT2D eigenvalue weighted by molar-refractivity contribution is -0.143. The predicted molar refractivity (Wildman–Crippen MR) is 121 cm³/mol. The fraction of sp³-hybridized carbons (Fsp3) is 0.500. The quantitative estimate of drug-likeness (QED) is 0.367. The summed E-state index contributed by atoms with van der Waals surface area (Å²) in [5, 5.41) is 0. The van der Waals surface area contributed by atoms with Crippen LogP contribution in [0.4, 0.5) is 0 Å². The molecule has 1 aliphatic rings. The molecule has 1 aromatic carbocycles. The molecule has 2 heterocycles. The number of esters is 1. The van der Waals surface area contributed by atoms with Gasteiger partial charge in [0.1, 0.15) is 11.6 Å². The Balaban J connectivity index is 1.66. The number of hydrogen-bond acceptors (Lipinski definition) is 5. The average molecular weight is 421 g/mol. The second-order valence-electron chi connectivity index (χ2n) is 8.49. The highest BCUT2D eigenvalue weighted by atomic mass is 16.5. The van der Waals surface area contributed by atoms with Gasteiger partial charge in [0.25, 0.3) is 0 Å². The standard InChI is InChI=1S/C26H32N2O3/c1-5-20-16-23-22(26(3,4)13-14-31-23)15-21(20)12-11-19-17-27-24(28-18-19)9-7-8-10-25(29)30-6-2/h15-18H,5-10,13-14H2,1-4H3. The van der Waals surface area contributed by atoms with Crippen molar-refractivity contribution in [1.29, 1.82) is 0 Å². The zero-order valence-corrected chi connectivity index (χ0v) is 19.1. The van der Waals surface area contributed by atoms with Crippen molar-refractivity contribution in [2.75, 3.05) is 13.2 Å². The van der Waals surface area contributed by atoms with Crippen molar-refractivity contribution in [3.8, 4) is 17.6 Å². The molecule has 0 amide bonds. The van der Waals surface area contributed by atoms with Crippen LogP contribution < -0.4 is 4.74 Å². The molecule has 0 fully saturated rings. The second kappa shape index (κ2) is 10.4. The molecule has 0 spiro atoms. The van der Waals surface area contributed by atoms with Crippen molar-refractivity contribution in [1.82, 2.24) is 9.97 Å². The molecule has 5 heteroatoms. The summed E-state index contributed by atoms with van der Waals surface area (Å²) >= 11 is 0. The van der Waals surface area contributed by atoms with Gasteiger partial charge in [0, 0.05) is 36.4 Å². The van der Waals surface area contributed by atoms with Gasteiger partial charge in [-0.05, 0) is 55.7 Å². The third-order valence-corrected chi connectivity index (χ3v) is 5.68. The summed E-state index contributed by atoms with van der Waals surface area (Å²) < 4.78 is 10.8. The van der Waals surface area contributed by atoms with Crippen LogP contribution in [-0.4, -0.2) is 29.2 Å². The second-order valence-corrected chi connectivity index (χ2v) is 8.49. The molecule has 0 atom stereocenters. The average Bonchev–Trinajstić information content (AvgIpc) is 2.76. The van der Waals surface area contributed by atoms with E-state index in [0.29, 0.717) is 13.0 Å². The minimum absolute atomic E-state index is 0.0916. The number of fused-ring (bicyclic) bond motifs is 1. The Morgan fingerprint density at radius 1 is 1.16 bits per heavy atom. The molecule has 164 valence electrons. The topological polar surface area (TPSA) is 61.3 Å². The molecule has 0 N–H and O–H groups in total. The molecule has 2 aromatic rings. The number of nitrogens with zero attached hydrogens (tertiary/aromatic N) is 2. The number of carbonyl (C=O) groups excluding carboxylic acids is 1. The first-order chi connectivity index (χ1) is 14.9. The van der Waals surface area contributed by atoms with E-state index in [-0.39, 0.29) is 11.4 Å². The lowest BCUT2D eigenvalue weighted by Gasteiger charge is -2.33. The summed E-state index contributed by atoms with van der Waals surface area (Å²) in [4.78, 5) is 20.2. The fourth-order valence-electron chi connectivity index (χ4n) is 3.70. The Morgan fingerprint density at radius 2 is 1.94 bits per heavy atom. The van der Waals surface area contributed by atoms with E-state index in [1.807, 2.05) is 6.92 Å². The molecular weight excluding hydrogens is 388 g/mol. The first-order valence-corrected chi connectivity index (χ1v) is 11.2. The maximum atomic E-state index is 11.4. The van der Waals surface area contributed by atoms with Gasteiger partial charge in [-0.3, -0.25) is 4.79 Å². The maximum absolute atomic E-state index is 11.4. The van der Waals surface area contributed by atoms with Gasteiger partial charge in [0.2, 0.25) is 0 Å². The molecule has 0 radical (unpaired) electrons. The molecule has 0 aliphatic carbocycles. The van der Waals surface area contributed by atoms with E-state index in [1.54, 1.807) is 12.4 Å². The van der Waals surface area contributed by atoms with E-state index in [1.165, 1.54) is 11.1 Å². The zero-order chi connectivity index (χ0) is 22.3. The minimum atomic E-state index is -0.141. The Morgan fingerprint density at radius 3 is 2.65 bits per heavy atom. The molecular formula is C26H32N2O3. The molecule has 0 bridgehead atoms. The number of unbranched alkanes of at least 4 members (excludes halogenated alkanes) is 1. The van der Waals surface area contributed by atoms with Crippen LogP contribution in [0.5, 0.6) is 5.75 Å². The van der Waals surface area contributed by atoms with Gasteiger partial charge in [0.05, 0.1) is 18.8 Å². The van der Waals surface area contributed by atoms with Gasteiger partial charge in [-0.2, -0.15) is 0 Å². The van der Waals surface area contributed by atoms with E-state index >= 15 is 0 Å². The summed E-state index contributed by atoms with van der Waals surface area (Å²) in [5.74, 6) is 8.17. The lowest BCUT2D eigenvalue weighted by atomic mass is 9.78. The molecule has 31 heavy (non-hydrogen) atoms.